The van der Waals surface area contributed by atoms with Gasteiger partial charge in [-0.25, -0.2) is 4.79 Å². The highest BCUT2D eigenvalue weighted by molar-refractivity contribution is 5.69. The third-order valence-electron chi connectivity index (χ3n) is 4.36. The molecule has 0 radical (unpaired) electrons. The number of ether oxygens (including phenoxy) is 2. The van der Waals surface area contributed by atoms with Crippen LogP contribution in [0.2, 0.25) is 0 Å². The molecule has 2 aromatic rings. The molecule has 0 spiro atoms. The number of rotatable bonds is 5. The maximum atomic E-state index is 12.3. The number of carbonyl (C=O) groups excluding carboxylic acids is 1. The number of para-hydroxylation sites is 1. The number of nitrogens with zero attached hydrogens (tertiary/aromatic N) is 1. The molecule has 1 amide bonds. The first kappa shape index (κ1) is 19.1. The molecular weight excluding hydrogens is 340 g/mol. The molecule has 5 heteroatoms. The van der Waals surface area contributed by atoms with Gasteiger partial charge in [-0.05, 0) is 70.0 Å². The zero-order valence-electron chi connectivity index (χ0n) is 16.3. The van der Waals surface area contributed by atoms with Gasteiger partial charge < -0.3 is 19.7 Å². The number of hydrogen-bond donors (Lipinski definition) is 1. The van der Waals surface area contributed by atoms with E-state index in [0.717, 1.165) is 36.5 Å². The van der Waals surface area contributed by atoms with Gasteiger partial charge in [-0.2, -0.15) is 0 Å². The van der Waals surface area contributed by atoms with E-state index in [1.54, 1.807) is 4.90 Å². The van der Waals surface area contributed by atoms with Crippen LogP contribution in [0.1, 0.15) is 33.6 Å². The van der Waals surface area contributed by atoms with Gasteiger partial charge in [0, 0.05) is 17.9 Å². The van der Waals surface area contributed by atoms with Crippen molar-refractivity contribution in [1.82, 2.24) is 4.90 Å². The van der Waals surface area contributed by atoms with E-state index in [0.29, 0.717) is 6.61 Å². The summed E-state index contributed by atoms with van der Waals surface area (Å²) in [6, 6.07) is 18.0. The standard InChI is InChI=1S/C22H28N2O3/c1-22(2,3)27-21(25)24-15-7-10-19(24)16-26-20-13-11-18(12-14-20)23-17-8-5-4-6-9-17/h4-6,8-9,11-14,19,23H,7,10,15-16H2,1-3H3. The average molecular weight is 368 g/mol. The van der Waals surface area contributed by atoms with Gasteiger partial charge in [-0.15, -0.1) is 0 Å². The van der Waals surface area contributed by atoms with Gasteiger partial charge in [-0.1, -0.05) is 18.2 Å². The lowest BCUT2D eigenvalue weighted by molar-refractivity contribution is 0.0187. The van der Waals surface area contributed by atoms with Gasteiger partial charge in [-0.3, -0.25) is 0 Å². The fourth-order valence-corrected chi connectivity index (χ4v) is 3.08. The summed E-state index contributed by atoms with van der Waals surface area (Å²) in [5.41, 5.74) is 1.57. The third kappa shape index (κ3) is 5.64. The number of anilines is 2. The summed E-state index contributed by atoms with van der Waals surface area (Å²) >= 11 is 0. The zero-order valence-corrected chi connectivity index (χ0v) is 16.3. The molecule has 1 unspecified atom stereocenters. The highest BCUT2D eigenvalue weighted by Gasteiger charge is 2.32. The Morgan fingerprint density at radius 3 is 2.41 bits per heavy atom. The van der Waals surface area contributed by atoms with E-state index in [2.05, 4.69) is 5.32 Å². The van der Waals surface area contributed by atoms with Crippen LogP contribution in [0.15, 0.2) is 54.6 Å². The fourth-order valence-electron chi connectivity index (χ4n) is 3.08. The van der Waals surface area contributed by atoms with Crippen LogP contribution in [0.5, 0.6) is 5.75 Å². The van der Waals surface area contributed by atoms with Gasteiger partial charge in [0.15, 0.2) is 0 Å². The molecular formula is C22H28N2O3. The maximum Gasteiger partial charge on any atom is 0.410 e. The molecule has 1 atom stereocenters. The molecule has 27 heavy (non-hydrogen) atoms. The van der Waals surface area contributed by atoms with Gasteiger partial charge >= 0.3 is 6.09 Å². The van der Waals surface area contributed by atoms with Crippen LogP contribution in [0.4, 0.5) is 16.2 Å². The fraction of sp³-hybridized carbons (Fsp3) is 0.409. The Labute approximate surface area is 161 Å². The van der Waals surface area contributed by atoms with Gasteiger partial charge in [0.05, 0.1) is 6.04 Å². The molecule has 1 aliphatic heterocycles. The van der Waals surface area contributed by atoms with Crippen LogP contribution in [0.3, 0.4) is 0 Å². The minimum Gasteiger partial charge on any atom is -0.491 e. The lowest BCUT2D eigenvalue weighted by Crippen LogP contribution is -2.42. The molecule has 3 rings (SSSR count). The van der Waals surface area contributed by atoms with Crippen LogP contribution in [-0.4, -0.2) is 35.8 Å². The minimum atomic E-state index is -0.479. The Morgan fingerprint density at radius 2 is 1.74 bits per heavy atom. The Hall–Kier alpha value is -2.69. The molecule has 1 saturated heterocycles. The van der Waals surface area contributed by atoms with Crippen molar-refractivity contribution in [3.63, 3.8) is 0 Å². The predicted octanol–water partition coefficient (Wildman–Crippen LogP) is 5.21. The Kier molecular flexibility index (Phi) is 5.89. The summed E-state index contributed by atoms with van der Waals surface area (Å²) in [5.74, 6) is 0.796. The number of carbonyl (C=O) groups is 1. The molecule has 1 fully saturated rings. The predicted molar refractivity (Wildman–Crippen MR) is 108 cm³/mol. The van der Waals surface area contributed by atoms with Crippen molar-refractivity contribution in [2.24, 2.45) is 0 Å². The Bertz CT molecular complexity index is 738. The first-order valence-electron chi connectivity index (χ1n) is 9.45. The Morgan fingerprint density at radius 1 is 1.07 bits per heavy atom. The molecule has 2 aromatic carbocycles. The number of amides is 1. The summed E-state index contributed by atoms with van der Waals surface area (Å²) in [7, 11) is 0. The van der Waals surface area contributed by atoms with Crippen molar-refractivity contribution in [3.05, 3.63) is 54.6 Å². The largest absolute Gasteiger partial charge is 0.491 e. The van der Waals surface area contributed by atoms with Crippen molar-refractivity contribution in [2.45, 2.75) is 45.3 Å². The van der Waals surface area contributed by atoms with E-state index in [-0.39, 0.29) is 12.1 Å². The third-order valence-corrected chi connectivity index (χ3v) is 4.36. The van der Waals surface area contributed by atoms with E-state index < -0.39 is 5.60 Å². The van der Waals surface area contributed by atoms with Crippen LogP contribution in [0, 0.1) is 0 Å². The number of nitrogens with one attached hydrogen (secondary N) is 1. The molecule has 0 aromatic heterocycles. The smallest absolute Gasteiger partial charge is 0.410 e. The second kappa shape index (κ2) is 8.33. The molecule has 0 saturated carbocycles. The summed E-state index contributed by atoms with van der Waals surface area (Å²) < 4.78 is 11.4. The topological polar surface area (TPSA) is 50.8 Å². The van der Waals surface area contributed by atoms with Gasteiger partial charge in [0.25, 0.3) is 0 Å². The first-order chi connectivity index (χ1) is 12.9. The molecule has 0 aliphatic carbocycles. The molecule has 0 bridgehead atoms. The maximum absolute atomic E-state index is 12.3. The number of benzene rings is 2. The summed E-state index contributed by atoms with van der Waals surface area (Å²) in [5, 5.41) is 3.35. The van der Waals surface area contributed by atoms with E-state index in [4.69, 9.17) is 9.47 Å². The first-order valence-corrected chi connectivity index (χ1v) is 9.45. The van der Waals surface area contributed by atoms with Crippen molar-refractivity contribution in [2.75, 3.05) is 18.5 Å². The molecule has 1 aliphatic rings. The molecule has 1 heterocycles. The highest BCUT2D eigenvalue weighted by atomic mass is 16.6. The summed E-state index contributed by atoms with van der Waals surface area (Å²) in [6.45, 7) is 6.86. The van der Waals surface area contributed by atoms with Crippen LogP contribution < -0.4 is 10.1 Å². The van der Waals surface area contributed by atoms with E-state index in [9.17, 15) is 4.79 Å². The van der Waals surface area contributed by atoms with E-state index >= 15 is 0 Å². The zero-order chi connectivity index (χ0) is 19.3. The number of hydrogen-bond acceptors (Lipinski definition) is 4. The van der Waals surface area contributed by atoms with Crippen LogP contribution >= 0.6 is 0 Å². The van der Waals surface area contributed by atoms with E-state index in [1.165, 1.54) is 0 Å². The van der Waals surface area contributed by atoms with Crippen LogP contribution in [-0.2, 0) is 4.74 Å². The highest BCUT2D eigenvalue weighted by Crippen LogP contribution is 2.23. The van der Waals surface area contributed by atoms with Crippen molar-refractivity contribution in [3.8, 4) is 5.75 Å². The van der Waals surface area contributed by atoms with Gasteiger partial charge in [0.1, 0.15) is 18.0 Å². The monoisotopic (exact) mass is 368 g/mol. The van der Waals surface area contributed by atoms with Crippen molar-refractivity contribution in [1.29, 1.82) is 0 Å². The normalized spacial score (nSPS) is 16.9. The minimum absolute atomic E-state index is 0.0574. The van der Waals surface area contributed by atoms with Gasteiger partial charge in [0.2, 0.25) is 0 Å². The number of likely N-dealkylation sites (tertiary alicyclic amines) is 1. The quantitative estimate of drug-likeness (QED) is 0.787. The average Bonchev–Trinajstić information content (AvgIpc) is 3.09. The van der Waals surface area contributed by atoms with E-state index in [1.807, 2.05) is 75.4 Å². The van der Waals surface area contributed by atoms with Crippen LogP contribution in [0.25, 0.3) is 0 Å². The second-order valence-electron chi connectivity index (χ2n) is 7.80. The molecule has 144 valence electrons. The molecule has 1 N–H and O–H groups in total. The summed E-state index contributed by atoms with van der Waals surface area (Å²) in [6.07, 6.45) is 1.66. The van der Waals surface area contributed by atoms with Crippen molar-refractivity contribution >= 4 is 17.5 Å². The lowest BCUT2D eigenvalue weighted by atomic mass is 10.2. The second-order valence-corrected chi connectivity index (χ2v) is 7.80. The Balaban J connectivity index is 1.52. The molecule has 5 nitrogen and oxygen atoms in total. The lowest BCUT2D eigenvalue weighted by Gasteiger charge is -2.28. The SMILES string of the molecule is CC(C)(C)OC(=O)N1CCCC1COc1ccc(Nc2ccccc2)cc1. The summed E-state index contributed by atoms with van der Waals surface area (Å²) in [4.78, 5) is 14.1. The van der Waals surface area contributed by atoms with Crippen molar-refractivity contribution < 1.29 is 14.3 Å².